The number of halogens is 1. The van der Waals surface area contributed by atoms with Crippen LogP contribution in [0.1, 0.15) is 39.2 Å². The molecule has 1 amide bonds. The van der Waals surface area contributed by atoms with Crippen LogP contribution in [0.25, 0.3) is 0 Å². The van der Waals surface area contributed by atoms with Crippen LogP contribution in [0.5, 0.6) is 0 Å². The lowest BCUT2D eigenvalue weighted by atomic mass is 9.71. The van der Waals surface area contributed by atoms with Gasteiger partial charge in [-0.15, -0.1) is 12.4 Å². The lowest BCUT2D eigenvalue weighted by Crippen LogP contribution is -2.49. The first-order valence-electron chi connectivity index (χ1n) is 9.66. The van der Waals surface area contributed by atoms with Crippen molar-refractivity contribution in [3.63, 3.8) is 0 Å². The molecule has 7 heteroatoms. The zero-order valence-corrected chi connectivity index (χ0v) is 17.7. The summed E-state index contributed by atoms with van der Waals surface area (Å²) in [4.78, 5) is 28.2. The molecule has 3 rings (SSSR count). The van der Waals surface area contributed by atoms with E-state index in [1.54, 1.807) is 4.90 Å². The Kier molecular flexibility index (Phi) is 6.99. The molecular formula is C21H31ClN2O4. The van der Waals surface area contributed by atoms with Crippen LogP contribution in [0.3, 0.4) is 0 Å². The van der Waals surface area contributed by atoms with Crippen molar-refractivity contribution in [2.24, 2.45) is 11.3 Å². The summed E-state index contributed by atoms with van der Waals surface area (Å²) in [7, 11) is 0. The Morgan fingerprint density at radius 2 is 1.79 bits per heavy atom. The summed E-state index contributed by atoms with van der Waals surface area (Å²) < 4.78 is 5.46. The molecule has 2 aliphatic heterocycles. The van der Waals surface area contributed by atoms with Gasteiger partial charge in [-0.25, -0.2) is 4.79 Å². The van der Waals surface area contributed by atoms with Crippen molar-refractivity contribution >= 4 is 24.5 Å². The first kappa shape index (κ1) is 22.5. The molecule has 1 aromatic carbocycles. The maximum atomic E-state index is 12.3. The molecule has 0 aliphatic carbocycles. The molecule has 0 radical (unpaired) electrons. The van der Waals surface area contributed by atoms with Crippen LogP contribution >= 0.6 is 12.4 Å². The Morgan fingerprint density at radius 1 is 1.18 bits per heavy atom. The average molecular weight is 411 g/mol. The molecule has 0 bridgehead atoms. The van der Waals surface area contributed by atoms with E-state index in [2.05, 4.69) is 17.0 Å². The summed E-state index contributed by atoms with van der Waals surface area (Å²) in [5, 5.41) is 9.81. The first-order valence-corrected chi connectivity index (χ1v) is 9.66. The van der Waals surface area contributed by atoms with E-state index in [4.69, 9.17) is 4.74 Å². The Morgan fingerprint density at radius 3 is 2.32 bits per heavy atom. The maximum Gasteiger partial charge on any atom is 0.410 e. The fourth-order valence-corrected chi connectivity index (χ4v) is 4.34. The third-order valence-corrected chi connectivity index (χ3v) is 5.68. The van der Waals surface area contributed by atoms with Crippen LogP contribution in [0.4, 0.5) is 4.79 Å². The van der Waals surface area contributed by atoms with E-state index in [0.29, 0.717) is 32.5 Å². The maximum absolute atomic E-state index is 12.3. The van der Waals surface area contributed by atoms with E-state index < -0.39 is 11.6 Å². The molecule has 156 valence electrons. The molecule has 1 atom stereocenters. The van der Waals surface area contributed by atoms with Gasteiger partial charge in [-0.1, -0.05) is 30.3 Å². The number of ether oxygens (including phenoxy) is 1. The number of carbonyl (C=O) groups excluding carboxylic acids is 1. The lowest BCUT2D eigenvalue weighted by molar-refractivity contribution is -0.145. The van der Waals surface area contributed by atoms with E-state index >= 15 is 0 Å². The average Bonchev–Trinajstić information content (AvgIpc) is 2.93. The molecule has 0 saturated carbocycles. The molecule has 1 aromatic rings. The van der Waals surface area contributed by atoms with Crippen molar-refractivity contribution in [2.75, 3.05) is 26.2 Å². The molecule has 6 nitrogen and oxygen atoms in total. The highest BCUT2D eigenvalue weighted by molar-refractivity contribution is 5.85. The molecular weight excluding hydrogens is 380 g/mol. The Balaban J connectivity index is 0.00000280. The number of carbonyl (C=O) groups is 2. The van der Waals surface area contributed by atoms with Crippen LogP contribution in [0, 0.1) is 11.3 Å². The first-order chi connectivity index (χ1) is 12.7. The monoisotopic (exact) mass is 410 g/mol. The zero-order valence-electron chi connectivity index (χ0n) is 16.9. The van der Waals surface area contributed by atoms with Gasteiger partial charge in [0.15, 0.2) is 0 Å². The number of aliphatic carboxylic acids is 1. The number of amides is 1. The summed E-state index contributed by atoms with van der Waals surface area (Å²) in [6, 6.07) is 10.2. The van der Waals surface area contributed by atoms with Gasteiger partial charge in [0.2, 0.25) is 0 Å². The van der Waals surface area contributed by atoms with Crippen LogP contribution < -0.4 is 0 Å². The molecule has 1 spiro atoms. The number of carboxylic acids is 1. The second-order valence-electron chi connectivity index (χ2n) is 8.88. The number of hydrogen-bond acceptors (Lipinski definition) is 4. The minimum atomic E-state index is -0.726. The Labute approximate surface area is 173 Å². The van der Waals surface area contributed by atoms with Crippen LogP contribution in [-0.2, 0) is 16.1 Å². The molecule has 2 aliphatic rings. The second kappa shape index (κ2) is 8.70. The topological polar surface area (TPSA) is 70.1 Å². The molecule has 28 heavy (non-hydrogen) atoms. The van der Waals surface area contributed by atoms with E-state index in [-0.39, 0.29) is 29.8 Å². The Bertz CT molecular complexity index is 681. The van der Waals surface area contributed by atoms with Gasteiger partial charge in [-0.3, -0.25) is 9.69 Å². The summed E-state index contributed by atoms with van der Waals surface area (Å²) in [5.41, 5.74) is 0.416. The van der Waals surface area contributed by atoms with Gasteiger partial charge in [-0.05, 0) is 39.2 Å². The van der Waals surface area contributed by atoms with Crippen molar-refractivity contribution in [3.8, 4) is 0 Å². The van der Waals surface area contributed by atoms with Crippen molar-refractivity contribution in [3.05, 3.63) is 35.9 Å². The fourth-order valence-electron chi connectivity index (χ4n) is 4.34. The summed E-state index contributed by atoms with van der Waals surface area (Å²) >= 11 is 0. The summed E-state index contributed by atoms with van der Waals surface area (Å²) in [5.74, 6) is -1.11. The van der Waals surface area contributed by atoms with Gasteiger partial charge in [-0.2, -0.15) is 0 Å². The highest BCUT2D eigenvalue weighted by atomic mass is 35.5. The smallest absolute Gasteiger partial charge is 0.410 e. The third-order valence-electron chi connectivity index (χ3n) is 5.68. The SMILES string of the molecule is CC(C)(C)OC(=O)N1CCC2(CC1)CN(Cc1ccccc1)C[C@@H]2C(=O)O.Cl. The highest BCUT2D eigenvalue weighted by Gasteiger charge is 2.51. The number of carboxylic acid groups (broad SMARTS) is 1. The predicted octanol–water partition coefficient (Wildman–Crippen LogP) is 3.64. The molecule has 2 fully saturated rings. The highest BCUT2D eigenvalue weighted by Crippen LogP contribution is 2.45. The number of benzene rings is 1. The second-order valence-corrected chi connectivity index (χ2v) is 8.88. The normalized spacial score (nSPS) is 22.0. The van der Waals surface area contributed by atoms with Crippen LogP contribution in [0.15, 0.2) is 30.3 Å². The molecule has 0 unspecified atom stereocenters. The van der Waals surface area contributed by atoms with Crippen molar-refractivity contribution < 1.29 is 19.4 Å². The minimum Gasteiger partial charge on any atom is -0.481 e. The van der Waals surface area contributed by atoms with Gasteiger partial charge >= 0.3 is 12.1 Å². The van der Waals surface area contributed by atoms with Crippen molar-refractivity contribution in [2.45, 2.75) is 45.8 Å². The van der Waals surface area contributed by atoms with E-state index in [1.807, 2.05) is 39.0 Å². The molecule has 2 heterocycles. The molecule has 2 saturated heterocycles. The fraction of sp³-hybridized carbons (Fsp3) is 0.619. The van der Waals surface area contributed by atoms with Crippen molar-refractivity contribution in [1.29, 1.82) is 0 Å². The van der Waals surface area contributed by atoms with E-state index in [9.17, 15) is 14.7 Å². The number of likely N-dealkylation sites (tertiary alicyclic amines) is 2. The van der Waals surface area contributed by atoms with E-state index in [0.717, 1.165) is 13.1 Å². The Hall–Kier alpha value is -1.79. The van der Waals surface area contributed by atoms with Gasteiger partial charge in [0.25, 0.3) is 0 Å². The number of rotatable bonds is 3. The van der Waals surface area contributed by atoms with Gasteiger partial charge in [0.05, 0.1) is 5.92 Å². The molecule has 0 aromatic heterocycles. The summed E-state index contributed by atoms with van der Waals surface area (Å²) in [6.45, 7) is 8.77. The standard InChI is InChI=1S/C21H30N2O4.ClH/c1-20(2,3)27-19(26)23-11-9-21(10-12-23)15-22(14-17(21)18(24)25)13-16-7-5-4-6-8-16;/h4-8,17H,9-15H2,1-3H3,(H,24,25);1H/t17-;/m1./s1. The predicted molar refractivity (Wildman–Crippen MR) is 110 cm³/mol. The number of nitrogens with zero attached hydrogens (tertiary/aromatic N) is 2. The van der Waals surface area contributed by atoms with E-state index in [1.165, 1.54) is 5.56 Å². The van der Waals surface area contributed by atoms with Crippen molar-refractivity contribution in [1.82, 2.24) is 9.80 Å². The van der Waals surface area contributed by atoms with Gasteiger partial charge < -0.3 is 14.7 Å². The quantitative estimate of drug-likeness (QED) is 0.823. The number of piperidine rings is 1. The largest absolute Gasteiger partial charge is 0.481 e. The van der Waals surface area contributed by atoms with Crippen LogP contribution in [-0.4, -0.2) is 58.7 Å². The zero-order chi connectivity index (χ0) is 19.7. The number of hydrogen-bond donors (Lipinski definition) is 1. The lowest BCUT2D eigenvalue weighted by Gasteiger charge is -2.41. The molecule has 1 N–H and O–H groups in total. The minimum absolute atomic E-state index is 0. The third kappa shape index (κ3) is 5.17. The van der Waals surface area contributed by atoms with Gasteiger partial charge in [0, 0.05) is 38.1 Å². The van der Waals surface area contributed by atoms with Gasteiger partial charge in [0.1, 0.15) is 5.60 Å². The summed E-state index contributed by atoms with van der Waals surface area (Å²) in [6.07, 6.45) is 1.10. The van der Waals surface area contributed by atoms with Crippen LogP contribution in [0.2, 0.25) is 0 Å².